The molecule has 0 saturated carbocycles. The topological polar surface area (TPSA) is 38.9 Å². The van der Waals surface area contributed by atoms with Gasteiger partial charge in [-0.15, -0.1) is 0 Å². The lowest BCUT2D eigenvalue weighted by Crippen LogP contribution is -2.12. The molecule has 2 rings (SSSR count). The second-order valence-electron chi connectivity index (χ2n) is 4.66. The lowest BCUT2D eigenvalue weighted by Gasteiger charge is -2.21. The van der Waals surface area contributed by atoms with E-state index in [1.54, 1.807) is 0 Å². The van der Waals surface area contributed by atoms with E-state index in [4.69, 9.17) is 4.52 Å². The Bertz CT molecular complexity index is 500. The third-order valence-electron chi connectivity index (χ3n) is 2.37. The van der Waals surface area contributed by atoms with Crippen LogP contribution in [0.2, 0.25) is 0 Å². The Morgan fingerprint density at radius 3 is 2.44 bits per heavy atom. The SMILES string of the molecule is CC(C)(C)c1ccccc1-c1nc(I)no1. The smallest absolute Gasteiger partial charge is 0.258 e. The summed E-state index contributed by atoms with van der Waals surface area (Å²) in [4.78, 5) is 4.26. The highest BCUT2D eigenvalue weighted by molar-refractivity contribution is 14.1. The maximum atomic E-state index is 5.22. The first-order valence-electron chi connectivity index (χ1n) is 5.07. The maximum Gasteiger partial charge on any atom is 0.258 e. The molecule has 16 heavy (non-hydrogen) atoms. The van der Waals surface area contributed by atoms with E-state index in [0.29, 0.717) is 9.72 Å². The van der Waals surface area contributed by atoms with Crippen LogP contribution in [-0.4, -0.2) is 10.1 Å². The first-order chi connectivity index (χ1) is 7.48. The molecular weight excluding hydrogens is 315 g/mol. The van der Waals surface area contributed by atoms with Crippen molar-refractivity contribution in [1.82, 2.24) is 10.1 Å². The molecule has 0 radical (unpaired) electrons. The number of nitrogens with zero attached hydrogens (tertiary/aromatic N) is 2. The molecule has 1 aromatic heterocycles. The van der Waals surface area contributed by atoms with Crippen LogP contribution in [0.3, 0.4) is 0 Å². The molecule has 3 nitrogen and oxygen atoms in total. The van der Waals surface area contributed by atoms with Crippen LogP contribution in [0.1, 0.15) is 26.3 Å². The first-order valence-corrected chi connectivity index (χ1v) is 6.15. The minimum absolute atomic E-state index is 0.0660. The number of hydrogen-bond acceptors (Lipinski definition) is 3. The van der Waals surface area contributed by atoms with Gasteiger partial charge in [-0.05, 0) is 17.0 Å². The molecule has 0 N–H and O–H groups in total. The molecule has 1 heterocycles. The van der Waals surface area contributed by atoms with Crippen molar-refractivity contribution in [2.24, 2.45) is 0 Å². The van der Waals surface area contributed by atoms with Gasteiger partial charge in [-0.3, -0.25) is 0 Å². The van der Waals surface area contributed by atoms with Gasteiger partial charge in [0.25, 0.3) is 5.89 Å². The molecular formula is C12H13IN2O. The number of benzene rings is 1. The molecule has 0 atom stereocenters. The summed E-state index contributed by atoms with van der Waals surface area (Å²) >= 11 is 2.04. The van der Waals surface area contributed by atoms with Crippen molar-refractivity contribution in [3.8, 4) is 11.5 Å². The van der Waals surface area contributed by atoms with Crippen molar-refractivity contribution >= 4 is 22.6 Å². The minimum Gasteiger partial charge on any atom is -0.333 e. The molecule has 0 aliphatic carbocycles. The Balaban J connectivity index is 2.57. The highest BCUT2D eigenvalue weighted by Crippen LogP contribution is 2.31. The second-order valence-corrected chi connectivity index (χ2v) is 5.63. The summed E-state index contributed by atoms with van der Waals surface area (Å²) in [5.74, 6) is 0.593. The largest absolute Gasteiger partial charge is 0.333 e. The molecule has 0 fully saturated rings. The van der Waals surface area contributed by atoms with Crippen LogP contribution in [0, 0.1) is 3.83 Å². The monoisotopic (exact) mass is 328 g/mol. The van der Waals surface area contributed by atoms with Crippen LogP contribution in [-0.2, 0) is 5.41 Å². The third-order valence-corrected chi connectivity index (χ3v) is 2.80. The molecule has 0 saturated heterocycles. The zero-order valence-electron chi connectivity index (χ0n) is 9.49. The quantitative estimate of drug-likeness (QED) is 0.750. The summed E-state index contributed by atoms with van der Waals surface area (Å²) in [7, 11) is 0. The Kier molecular flexibility index (Phi) is 3.01. The zero-order chi connectivity index (χ0) is 11.8. The van der Waals surface area contributed by atoms with Gasteiger partial charge in [0.1, 0.15) is 0 Å². The number of rotatable bonds is 1. The molecule has 84 valence electrons. The van der Waals surface area contributed by atoms with E-state index in [0.717, 1.165) is 5.56 Å². The molecule has 0 bridgehead atoms. The molecule has 4 heteroatoms. The normalized spacial score (nSPS) is 11.8. The summed E-state index contributed by atoms with van der Waals surface area (Å²) in [6.07, 6.45) is 0. The van der Waals surface area contributed by atoms with E-state index in [9.17, 15) is 0 Å². The zero-order valence-corrected chi connectivity index (χ0v) is 11.6. The molecule has 2 aromatic rings. The van der Waals surface area contributed by atoms with Crippen molar-refractivity contribution in [2.75, 3.05) is 0 Å². The Labute approximate surface area is 108 Å². The molecule has 0 aliphatic heterocycles. The van der Waals surface area contributed by atoms with Crippen LogP contribution in [0.5, 0.6) is 0 Å². The Morgan fingerprint density at radius 1 is 1.19 bits per heavy atom. The van der Waals surface area contributed by atoms with Gasteiger partial charge in [0.05, 0.1) is 0 Å². The standard InChI is InChI=1S/C12H13IN2O/c1-12(2,3)9-7-5-4-6-8(9)10-14-11(13)15-16-10/h4-7H,1-3H3. The lowest BCUT2D eigenvalue weighted by molar-refractivity contribution is 0.424. The highest BCUT2D eigenvalue weighted by Gasteiger charge is 2.20. The van der Waals surface area contributed by atoms with Crippen molar-refractivity contribution in [3.63, 3.8) is 0 Å². The van der Waals surface area contributed by atoms with E-state index < -0.39 is 0 Å². The Hall–Kier alpha value is -0.910. The predicted octanol–water partition coefficient (Wildman–Crippen LogP) is 3.64. The highest BCUT2D eigenvalue weighted by atomic mass is 127. The fourth-order valence-electron chi connectivity index (χ4n) is 1.64. The van der Waals surface area contributed by atoms with Crippen molar-refractivity contribution in [2.45, 2.75) is 26.2 Å². The van der Waals surface area contributed by atoms with Crippen LogP contribution < -0.4 is 0 Å². The Morgan fingerprint density at radius 2 is 1.88 bits per heavy atom. The van der Waals surface area contributed by atoms with Gasteiger partial charge < -0.3 is 4.52 Å². The van der Waals surface area contributed by atoms with Gasteiger partial charge in [0.15, 0.2) is 0 Å². The second kappa shape index (κ2) is 4.16. The summed E-state index contributed by atoms with van der Waals surface area (Å²) in [6, 6.07) is 8.14. The van der Waals surface area contributed by atoms with Gasteiger partial charge in [0.2, 0.25) is 3.83 Å². The first kappa shape index (κ1) is 11.6. The van der Waals surface area contributed by atoms with Gasteiger partial charge in [-0.1, -0.05) is 44.1 Å². The van der Waals surface area contributed by atoms with Crippen LogP contribution in [0.15, 0.2) is 28.8 Å². The number of hydrogen-bond donors (Lipinski definition) is 0. The van der Waals surface area contributed by atoms with Gasteiger partial charge >= 0.3 is 0 Å². The fraction of sp³-hybridized carbons (Fsp3) is 0.333. The van der Waals surface area contributed by atoms with E-state index in [1.807, 2.05) is 40.8 Å². The van der Waals surface area contributed by atoms with E-state index in [2.05, 4.69) is 37.0 Å². The predicted molar refractivity (Wildman–Crippen MR) is 71.2 cm³/mol. The molecule has 0 unspecified atom stereocenters. The van der Waals surface area contributed by atoms with Crippen molar-refractivity contribution < 1.29 is 4.52 Å². The summed E-state index contributed by atoms with van der Waals surface area (Å²) in [5, 5.41) is 3.82. The summed E-state index contributed by atoms with van der Waals surface area (Å²) < 4.78 is 5.85. The molecule has 1 aromatic carbocycles. The van der Waals surface area contributed by atoms with Crippen LogP contribution in [0.4, 0.5) is 0 Å². The molecule has 0 spiro atoms. The average molecular weight is 328 g/mol. The minimum atomic E-state index is 0.0660. The van der Waals surface area contributed by atoms with E-state index in [1.165, 1.54) is 5.56 Å². The van der Waals surface area contributed by atoms with Crippen molar-refractivity contribution in [1.29, 1.82) is 0 Å². The third kappa shape index (κ3) is 2.26. The van der Waals surface area contributed by atoms with Crippen LogP contribution in [0.25, 0.3) is 11.5 Å². The fourth-order valence-corrected chi connectivity index (χ4v) is 1.96. The molecule has 0 aliphatic rings. The lowest BCUT2D eigenvalue weighted by atomic mass is 9.84. The number of aromatic nitrogens is 2. The van der Waals surface area contributed by atoms with Gasteiger partial charge in [0, 0.05) is 28.2 Å². The number of halogens is 1. The van der Waals surface area contributed by atoms with Gasteiger partial charge in [-0.25, -0.2) is 0 Å². The summed E-state index contributed by atoms with van der Waals surface area (Å²) in [6.45, 7) is 6.52. The van der Waals surface area contributed by atoms with E-state index in [-0.39, 0.29) is 5.41 Å². The summed E-state index contributed by atoms with van der Waals surface area (Å²) in [5.41, 5.74) is 2.30. The average Bonchev–Trinajstić information content (AvgIpc) is 2.64. The van der Waals surface area contributed by atoms with Crippen molar-refractivity contribution in [3.05, 3.63) is 33.7 Å². The molecule has 0 amide bonds. The van der Waals surface area contributed by atoms with E-state index >= 15 is 0 Å². The van der Waals surface area contributed by atoms with Gasteiger partial charge in [-0.2, -0.15) is 4.98 Å². The van der Waals surface area contributed by atoms with Crippen LogP contribution >= 0.6 is 22.6 Å². The maximum absolute atomic E-state index is 5.22.